The van der Waals surface area contributed by atoms with Crippen molar-refractivity contribution in [3.63, 3.8) is 0 Å². The maximum absolute atomic E-state index is 11.7. The molecule has 0 bridgehead atoms. The molecule has 1 N–H and O–H groups in total. The van der Waals surface area contributed by atoms with Crippen LogP contribution in [0.4, 0.5) is 0 Å². The van der Waals surface area contributed by atoms with Crippen molar-refractivity contribution in [3.8, 4) is 0 Å². The Balaban J connectivity index is 1.93. The zero-order valence-corrected chi connectivity index (χ0v) is 9.76. The summed E-state index contributed by atoms with van der Waals surface area (Å²) in [5, 5.41) is 5.22. The maximum atomic E-state index is 11.7. The minimum atomic E-state index is -0.0713. The number of hydrogen-bond acceptors (Lipinski definition) is 4. The average Bonchev–Trinajstić information content (AvgIpc) is 2.88. The Hall–Kier alpha value is -0.940. The van der Waals surface area contributed by atoms with Gasteiger partial charge in [0.25, 0.3) is 0 Å². The first kappa shape index (κ1) is 10.2. The molecule has 1 aromatic rings. The van der Waals surface area contributed by atoms with Crippen LogP contribution in [-0.4, -0.2) is 29.0 Å². The number of rotatable bonds is 1. The molecule has 2 saturated heterocycles. The third-order valence-corrected chi connectivity index (χ3v) is 4.29. The van der Waals surface area contributed by atoms with Crippen LogP contribution in [0.1, 0.15) is 30.7 Å². The number of hydrogen-bond donors (Lipinski definition) is 1. The molecule has 1 amide bonds. The van der Waals surface area contributed by atoms with E-state index in [2.05, 4.69) is 15.1 Å². The van der Waals surface area contributed by atoms with Gasteiger partial charge in [0.15, 0.2) is 0 Å². The van der Waals surface area contributed by atoms with Gasteiger partial charge in [-0.15, -0.1) is 0 Å². The van der Waals surface area contributed by atoms with Crippen molar-refractivity contribution in [2.75, 3.05) is 13.2 Å². The Bertz CT molecular complexity index is 385. The monoisotopic (exact) mass is 238 g/mol. The van der Waals surface area contributed by atoms with Crippen LogP contribution in [0.3, 0.4) is 0 Å². The molecule has 2 aliphatic heterocycles. The van der Waals surface area contributed by atoms with Crippen LogP contribution >= 0.6 is 11.5 Å². The van der Waals surface area contributed by atoms with E-state index in [1.54, 1.807) is 0 Å². The number of carbonyl (C=O) groups excluding carboxylic acids is 1. The fourth-order valence-electron chi connectivity index (χ4n) is 2.83. The third kappa shape index (κ3) is 1.55. The van der Waals surface area contributed by atoms with E-state index in [0.29, 0.717) is 6.42 Å². The molecule has 0 saturated carbocycles. The summed E-state index contributed by atoms with van der Waals surface area (Å²) in [4.78, 5) is 11.7. The summed E-state index contributed by atoms with van der Waals surface area (Å²) in [6, 6.07) is 0. The fraction of sp³-hybridized carbons (Fsp3) is 0.636. The molecule has 1 spiro atoms. The van der Waals surface area contributed by atoms with Crippen LogP contribution < -0.4 is 5.32 Å². The van der Waals surface area contributed by atoms with E-state index in [9.17, 15) is 4.79 Å². The first-order valence-corrected chi connectivity index (χ1v) is 6.42. The van der Waals surface area contributed by atoms with Crippen LogP contribution in [0, 0.1) is 0 Å². The molecule has 2 aliphatic rings. The number of aromatic nitrogens is 1. The van der Waals surface area contributed by atoms with Gasteiger partial charge in [0, 0.05) is 37.1 Å². The van der Waals surface area contributed by atoms with E-state index in [1.165, 1.54) is 17.1 Å². The van der Waals surface area contributed by atoms with E-state index in [1.807, 2.05) is 6.20 Å². The summed E-state index contributed by atoms with van der Waals surface area (Å²) in [5.74, 6) is 0.445. The van der Waals surface area contributed by atoms with Crippen molar-refractivity contribution in [1.29, 1.82) is 0 Å². The highest BCUT2D eigenvalue weighted by Crippen LogP contribution is 2.42. The highest BCUT2D eigenvalue weighted by Gasteiger charge is 2.48. The quantitative estimate of drug-likeness (QED) is 0.802. The van der Waals surface area contributed by atoms with Crippen molar-refractivity contribution in [2.24, 2.45) is 0 Å². The van der Waals surface area contributed by atoms with E-state index in [0.717, 1.165) is 26.1 Å². The van der Waals surface area contributed by atoms with Gasteiger partial charge in [-0.05, 0) is 29.9 Å². The van der Waals surface area contributed by atoms with Crippen LogP contribution in [0.15, 0.2) is 11.6 Å². The van der Waals surface area contributed by atoms with Crippen molar-refractivity contribution < 1.29 is 9.53 Å². The van der Waals surface area contributed by atoms with Crippen molar-refractivity contribution in [3.05, 3.63) is 17.1 Å². The first-order valence-electron chi connectivity index (χ1n) is 5.58. The molecule has 16 heavy (non-hydrogen) atoms. The highest BCUT2D eigenvalue weighted by molar-refractivity contribution is 7.03. The number of amides is 1. The van der Waals surface area contributed by atoms with Crippen molar-refractivity contribution >= 4 is 17.4 Å². The zero-order chi connectivity index (χ0) is 11.0. The molecule has 3 heterocycles. The zero-order valence-electron chi connectivity index (χ0n) is 8.94. The fourth-order valence-corrected chi connectivity index (χ4v) is 3.42. The molecular formula is C11H14N2O2S. The Kier molecular flexibility index (Phi) is 2.44. The van der Waals surface area contributed by atoms with Gasteiger partial charge in [0.05, 0.1) is 5.54 Å². The van der Waals surface area contributed by atoms with Gasteiger partial charge in [-0.3, -0.25) is 4.79 Å². The van der Waals surface area contributed by atoms with Crippen LogP contribution in [0.25, 0.3) is 0 Å². The number of nitrogens with zero attached hydrogens (tertiary/aromatic N) is 1. The molecule has 1 unspecified atom stereocenters. The van der Waals surface area contributed by atoms with Crippen LogP contribution in [0.5, 0.6) is 0 Å². The number of nitrogens with one attached hydrogen (secondary N) is 1. The third-order valence-electron chi connectivity index (χ3n) is 3.68. The standard InChI is InChI=1S/C11H14N2O2S/c14-10-5-9(8-6-12-16-7-8)11(13-10)1-3-15-4-2-11/h6-7,9H,1-5H2,(H,13,14). The topological polar surface area (TPSA) is 51.2 Å². The number of carbonyl (C=O) groups is 1. The molecule has 1 atom stereocenters. The van der Waals surface area contributed by atoms with Gasteiger partial charge in [-0.25, -0.2) is 4.37 Å². The second kappa shape index (κ2) is 3.82. The van der Waals surface area contributed by atoms with Gasteiger partial charge in [-0.2, -0.15) is 0 Å². The second-order valence-electron chi connectivity index (χ2n) is 4.53. The van der Waals surface area contributed by atoms with Gasteiger partial charge >= 0.3 is 0 Å². The van der Waals surface area contributed by atoms with E-state index in [-0.39, 0.29) is 17.4 Å². The Morgan fingerprint density at radius 1 is 1.50 bits per heavy atom. The van der Waals surface area contributed by atoms with E-state index in [4.69, 9.17) is 4.74 Å². The van der Waals surface area contributed by atoms with Gasteiger partial charge in [0.1, 0.15) is 0 Å². The molecule has 2 fully saturated rings. The Morgan fingerprint density at radius 2 is 2.31 bits per heavy atom. The van der Waals surface area contributed by atoms with Gasteiger partial charge in [0.2, 0.25) is 5.91 Å². The summed E-state index contributed by atoms with van der Waals surface area (Å²) in [6.07, 6.45) is 4.32. The average molecular weight is 238 g/mol. The molecule has 5 heteroatoms. The number of ether oxygens (including phenoxy) is 1. The van der Waals surface area contributed by atoms with Crippen LogP contribution in [-0.2, 0) is 9.53 Å². The molecule has 0 aliphatic carbocycles. The minimum Gasteiger partial charge on any atom is -0.381 e. The lowest BCUT2D eigenvalue weighted by molar-refractivity contribution is -0.120. The predicted molar refractivity (Wildman–Crippen MR) is 60.4 cm³/mol. The van der Waals surface area contributed by atoms with Gasteiger partial charge < -0.3 is 10.1 Å². The Morgan fingerprint density at radius 3 is 3.00 bits per heavy atom. The molecular weight excluding hydrogens is 224 g/mol. The normalized spacial score (nSPS) is 28.2. The summed E-state index contributed by atoms with van der Waals surface area (Å²) < 4.78 is 9.53. The van der Waals surface area contributed by atoms with Gasteiger partial charge in [-0.1, -0.05) is 0 Å². The lowest BCUT2D eigenvalue weighted by Crippen LogP contribution is -2.49. The summed E-state index contributed by atoms with van der Waals surface area (Å²) in [5.41, 5.74) is 1.13. The smallest absolute Gasteiger partial charge is 0.221 e. The second-order valence-corrected chi connectivity index (χ2v) is 5.19. The molecule has 0 radical (unpaired) electrons. The summed E-state index contributed by atoms with van der Waals surface area (Å²) in [7, 11) is 0. The Labute approximate surface area is 98.2 Å². The molecule has 4 nitrogen and oxygen atoms in total. The summed E-state index contributed by atoms with van der Waals surface area (Å²) in [6.45, 7) is 1.49. The molecule has 0 aromatic carbocycles. The van der Waals surface area contributed by atoms with Crippen molar-refractivity contribution in [2.45, 2.75) is 30.7 Å². The first-order chi connectivity index (χ1) is 7.80. The van der Waals surface area contributed by atoms with E-state index < -0.39 is 0 Å². The lowest BCUT2D eigenvalue weighted by atomic mass is 9.76. The highest BCUT2D eigenvalue weighted by atomic mass is 32.1. The predicted octanol–water partition coefficient (Wildman–Crippen LogP) is 1.30. The molecule has 3 rings (SSSR count). The largest absolute Gasteiger partial charge is 0.381 e. The minimum absolute atomic E-state index is 0.0713. The van der Waals surface area contributed by atoms with Crippen LogP contribution in [0.2, 0.25) is 0 Å². The lowest BCUT2D eigenvalue weighted by Gasteiger charge is -2.38. The molecule has 86 valence electrons. The van der Waals surface area contributed by atoms with Crippen molar-refractivity contribution in [1.82, 2.24) is 9.69 Å². The SMILES string of the molecule is O=C1CC(c2cnsc2)C2(CCOCC2)N1. The summed E-state index contributed by atoms with van der Waals surface area (Å²) >= 11 is 1.45. The maximum Gasteiger partial charge on any atom is 0.221 e. The molecule has 1 aromatic heterocycles. The van der Waals surface area contributed by atoms with E-state index >= 15 is 0 Å².